The number of hydrogen-bond acceptors (Lipinski definition) is 5. The molecule has 122 valence electrons. The number of nitrogens with zero attached hydrogens (tertiary/aromatic N) is 5. The summed E-state index contributed by atoms with van der Waals surface area (Å²) >= 11 is 0. The fourth-order valence-corrected chi connectivity index (χ4v) is 2.99. The van der Waals surface area contributed by atoms with E-state index in [2.05, 4.69) is 10.1 Å². The molecule has 2 aromatic rings. The highest BCUT2D eigenvalue weighted by Gasteiger charge is 2.26. The average molecular weight is 315 g/mol. The standard InChI is InChI=1S/C16H21N5O2/c1-20-15(5-6-18-20)14-9-17-8-13(19-14)12-4-3-7-21(10-12)16(22)11-23-2/h5-6,8-9,12H,3-4,7,10-11H2,1-2H3. The smallest absolute Gasteiger partial charge is 0.248 e. The summed E-state index contributed by atoms with van der Waals surface area (Å²) in [6, 6.07) is 1.92. The molecule has 0 radical (unpaired) electrons. The minimum absolute atomic E-state index is 0.0351. The van der Waals surface area contributed by atoms with Crippen LogP contribution in [-0.4, -0.2) is 57.4 Å². The molecular formula is C16H21N5O2. The Kier molecular flexibility index (Phi) is 4.66. The van der Waals surface area contributed by atoms with Crippen LogP contribution in [0.25, 0.3) is 11.4 Å². The molecule has 3 rings (SSSR count). The molecule has 0 N–H and O–H groups in total. The molecule has 3 heterocycles. The number of carbonyl (C=O) groups excluding carboxylic acids is 1. The van der Waals surface area contributed by atoms with Gasteiger partial charge in [-0.2, -0.15) is 5.10 Å². The van der Waals surface area contributed by atoms with Crippen molar-refractivity contribution in [3.8, 4) is 11.4 Å². The largest absolute Gasteiger partial charge is 0.375 e. The van der Waals surface area contributed by atoms with E-state index in [1.807, 2.05) is 18.0 Å². The van der Waals surface area contributed by atoms with Crippen LogP contribution in [0.4, 0.5) is 0 Å². The van der Waals surface area contributed by atoms with Gasteiger partial charge in [-0.25, -0.2) is 4.98 Å². The van der Waals surface area contributed by atoms with Crippen molar-refractivity contribution in [1.29, 1.82) is 0 Å². The van der Waals surface area contributed by atoms with Gasteiger partial charge in [0.15, 0.2) is 0 Å². The van der Waals surface area contributed by atoms with E-state index in [-0.39, 0.29) is 18.4 Å². The van der Waals surface area contributed by atoms with Gasteiger partial charge in [0.1, 0.15) is 12.3 Å². The van der Waals surface area contributed by atoms with Gasteiger partial charge in [0.05, 0.1) is 17.6 Å². The number of piperidine rings is 1. The Labute approximate surface area is 135 Å². The highest BCUT2D eigenvalue weighted by molar-refractivity contribution is 5.77. The maximum absolute atomic E-state index is 12.0. The minimum Gasteiger partial charge on any atom is -0.375 e. The third kappa shape index (κ3) is 3.39. The molecule has 0 aromatic carbocycles. The summed E-state index contributed by atoms with van der Waals surface area (Å²) in [7, 11) is 3.43. The SMILES string of the molecule is COCC(=O)N1CCCC(c2cncc(-c3ccnn3C)n2)C1. The first-order valence-corrected chi connectivity index (χ1v) is 7.76. The van der Waals surface area contributed by atoms with Crippen LogP contribution < -0.4 is 0 Å². The highest BCUT2D eigenvalue weighted by atomic mass is 16.5. The number of methoxy groups -OCH3 is 1. The second kappa shape index (κ2) is 6.87. The summed E-state index contributed by atoms with van der Waals surface area (Å²) in [4.78, 5) is 23.0. The second-order valence-electron chi connectivity index (χ2n) is 5.78. The number of amides is 1. The topological polar surface area (TPSA) is 73.1 Å². The first kappa shape index (κ1) is 15.6. The Hall–Kier alpha value is -2.28. The van der Waals surface area contributed by atoms with E-state index in [0.717, 1.165) is 36.5 Å². The van der Waals surface area contributed by atoms with Crippen LogP contribution in [0.2, 0.25) is 0 Å². The fraction of sp³-hybridized carbons (Fsp3) is 0.500. The predicted octanol–water partition coefficient (Wildman–Crippen LogP) is 1.23. The van der Waals surface area contributed by atoms with E-state index in [1.54, 1.807) is 30.4 Å². The van der Waals surface area contributed by atoms with E-state index in [0.29, 0.717) is 6.54 Å². The third-order valence-electron chi connectivity index (χ3n) is 4.20. The van der Waals surface area contributed by atoms with Crippen molar-refractivity contribution in [3.05, 3.63) is 30.4 Å². The van der Waals surface area contributed by atoms with Gasteiger partial charge >= 0.3 is 0 Å². The zero-order chi connectivity index (χ0) is 16.2. The molecule has 7 heteroatoms. The minimum atomic E-state index is 0.0351. The first-order chi connectivity index (χ1) is 11.2. The predicted molar refractivity (Wildman–Crippen MR) is 84.7 cm³/mol. The van der Waals surface area contributed by atoms with Gasteiger partial charge in [0.25, 0.3) is 0 Å². The Morgan fingerprint density at radius 3 is 3.04 bits per heavy atom. The number of carbonyl (C=O) groups is 1. The maximum Gasteiger partial charge on any atom is 0.248 e. The zero-order valence-corrected chi connectivity index (χ0v) is 13.5. The number of ether oxygens (including phenoxy) is 1. The Bertz CT molecular complexity index is 685. The quantitative estimate of drug-likeness (QED) is 0.848. The molecule has 1 amide bonds. The number of rotatable bonds is 4. The molecule has 1 fully saturated rings. The van der Waals surface area contributed by atoms with Crippen LogP contribution in [0.1, 0.15) is 24.5 Å². The summed E-state index contributed by atoms with van der Waals surface area (Å²) in [5.74, 6) is 0.248. The molecular weight excluding hydrogens is 294 g/mol. The van der Waals surface area contributed by atoms with Crippen molar-refractivity contribution >= 4 is 5.91 Å². The van der Waals surface area contributed by atoms with Crippen LogP contribution >= 0.6 is 0 Å². The molecule has 0 aliphatic carbocycles. The third-order valence-corrected chi connectivity index (χ3v) is 4.20. The number of aromatic nitrogens is 4. The summed E-state index contributed by atoms with van der Waals surface area (Å²) in [5, 5.41) is 4.17. The molecule has 0 saturated carbocycles. The van der Waals surface area contributed by atoms with Crippen LogP contribution in [0.3, 0.4) is 0 Å². The van der Waals surface area contributed by atoms with Crippen LogP contribution in [0.5, 0.6) is 0 Å². The van der Waals surface area contributed by atoms with Crippen LogP contribution in [0, 0.1) is 0 Å². The van der Waals surface area contributed by atoms with Gasteiger partial charge < -0.3 is 9.64 Å². The first-order valence-electron chi connectivity index (χ1n) is 7.76. The van der Waals surface area contributed by atoms with E-state index in [1.165, 1.54) is 0 Å². The lowest BCUT2D eigenvalue weighted by Crippen LogP contribution is -2.41. The van der Waals surface area contributed by atoms with Gasteiger partial charge in [0, 0.05) is 45.6 Å². The lowest BCUT2D eigenvalue weighted by Gasteiger charge is -2.32. The van der Waals surface area contributed by atoms with Gasteiger partial charge in [-0.15, -0.1) is 0 Å². The monoisotopic (exact) mass is 315 g/mol. The summed E-state index contributed by atoms with van der Waals surface area (Å²) < 4.78 is 6.73. The summed E-state index contributed by atoms with van der Waals surface area (Å²) in [6.45, 7) is 1.59. The molecule has 1 aliphatic rings. The fourth-order valence-electron chi connectivity index (χ4n) is 2.99. The average Bonchev–Trinajstić information content (AvgIpc) is 3.01. The van der Waals surface area contributed by atoms with Gasteiger partial charge in [0.2, 0.25) is 5.91 Å². The van der Waals surface area contributed by atoms with E-state index in [4.69, 9.17) is 9.72 Å². The van der Waals surface area contributed by atoms with Gasteiger partial charge in [-0.05, 0) is 18.9 Å². The van der Waals surface area contributed by atoms with Gasteiger partial charge in [-0.1, -0.05) is 0 Å². The van der Waals surface area contributed by atoms with Gasteiger partial charge in [-0.3, -0.25) is 14.5 Å². The van der Waals surface area contributed by atoms with Crippen molar-refractivity contribution < 1.29 is 9.53 Å². The Morgan fingerprint density at radius 1 is 1.43 bits per heavy atom. The molecule has 0 spiro atoms. The van der Waals surface area contributed by atoms with Crippen LogP contribution in [-0.2, 0) is 16.6 Å². The Balaban J connectivity index is 1.79. The Morgan fingerprint density at radius 2 is 2.30 bits per heavy atom. The van der Waals surface area contributed by atoms with Crippen molar-refractivity contribution in [2.75, 3.05) is 26.8 Å². The number of aryl methyl sites for hydroxylation is 1. The molecule has 1 atom stereocenters. The number of hydrogen-bond donors (Lipinski definition) is 0. The molecule has 7 nitrogen and oxygen atoms in total. The number of likely N-dealkylation sites (tertiary alicyclic amines) is 1. The zero-order valence-electron chi connectivity index (χ0n) is 13.5. The molecule has 23 heavy (non-hydrogen) atoms. The highest BCUT2D eigenvalue weighted by Crippen LogP contribution is 2.26. The summed E-state index contributed by atoms with van der Waals surface area (Å²) in [6.07, 6.45) is 7.28. The van der Waals surface area contributed by atoms with E-state index >= 15 is 0 Å². The second-order valence-corrected chi connectivity index (χ2v) is 5.78. The lowest BCUT2D eigenvalue weighted by molar-refractivity contribution is -0.136. The maximum atomic E-state index is 12.0. The molecule has 1 saturated heterocycles. The summed E-state index contributed by atoms with van der Waals surface area (Å²) in [5.41, 5.74) is 2.67. The molecule has 1 aliphatic heterocycles. The van der Waals surface area contributed by atoms with Crippen molar-refractivity contribution in [2.45, 2.75) is 18.8 Å². The van der Waals surface area contributed by atoms with Crippen LogP contribution in [0.15, 0.2) is 24.7 Å². The molecule has 2 aromatic heterocycles. The van der Waals surface area contributed by atoms with Crippen molar-refractivity contribution in [2.24, 2.45) is 7.05 Å². The normalized spacial score (nSPS) is 18.2. The van der Waals surface area contributed by atoms with Crippen molar-refractivity contribution in [1.82, 2.24) is 24.6 Å². The van der Waals surface area contributed by atoms with E-state index < -0.39 is 0 Å². The van der Waals surface area contributed by atoms with E-state index in [9.17, 15) is 4.79 Å². The molecule has 0 bridgehead atoms. The molecule has 1 unspecified atom stereocenters. The van der Waals surface area contributed by atoms with Crippen molar-refractivity contribution in [3.63, 3.8) is 0 Å². The lowest BCUT2D eigenvalue weighted by atomic mass is 9.95.